The number of nitrogens with one attached hydrogen (secondary N) is 1. The Labute approximate surface area is 108 Å². The van der Waals surface area contributed by atoms with E-state index in [4.69, 9.17) is 0 Å². The van der Waals surface area contributed by atoms with Gasteiger partial charge in [-0.2, -0.15) is 0 Å². The van der Waals surface area contributed by atoms with Crippen molar-refractivity contribution in [2.75, 3.05) is 5.32 Å². The van der Waals surface area contributed by atoms with E-state index in [2.05, 4.69) is 15.3 Å². The quantitative estimate of drug-likeness (QED) is 0.670. The number of benzene rings is 1. The van der Waals surface area contributed by atoms with Crippen molar-refractivity contribution in [2.45, 2.75) is 6.92 Å². The van der Waals surface area contributed by atoms with E-state index < -0.39 is 10.8 Å². The zero-order valence-corrected chi connectivity index (χ0v) is 10.0. The highest BCUT2D eigenvalue weighted by atomic mass is 16.6. The molecule has 0 unspecified atom stereocenters. The average molecular weight is 258 g/mol. The minimum atomic E-state index is -0.493. The molecule has 1 aromatic heterocycles. The molecule has 1 heterocycles. The summed E-state index contributed by atoms with van der Waals surface area (Å²) in [4.78, 5) is 29.7. The van der Waals surface area contributed by atoms with Gasteiger partial charge in [0.05, 0.1) is 11.1 Å². The summed E-state index contributed by atoms with van der Waals surface area (Å²) in [7, 11) is 0. The minimum Gasteiger partial charge on any atom is -0.320 e. The summed E-state index contributed by atoms with van der Waals surface area (Å²) in [6.07, 6.45) is 4.16. The Balaban J connectivity index is 2.23. The zero-order valence-electron chi connectivity index (χ0n) is 10.0. The molecule has 0 aliphatic carbocycles. The lowest BCUT2D eigenvalue weighted by atomic mass is 10.2. The number of hydrogen-bond acceptors (Lipinski definition) is 5. The van der Waals surface area contributed by atoms with Crippen molar-refractivity contribution in [1.29, 1.82) is 0 Å². The van der Waals surface area contributed by atoms with E-state index in [1.54, 1.807) is 19.1 Å². The first-order valence-electron chi connectivity index (χ1n) is 5.40. The molecule has 1 aromatic carbocycles. The van der Waals surface area contributed by atoms with Crippen LogP contribution in [0.3, 0.4) is 0 Å². The van der Waals surface area contributed by atoms with Crippen LogP contribution in [0.2, 0.25) is 0 Å². The van der Waals surface area contributed by atoms with Crippen LogP contribution in [0.15, 0.2) is 36.8 Å². The summed E-state index contributed by atoms with van der Waals surface area (Å²) in [5.74, 6) is -0.466. The third-order valence-corrected chi connectivity index (χ3v) is 2.46. The predicted octanol–water partition coefficient (Wildman–Crippen LogP) is 1.95. The molecule has 0 fully saturated rings. The van der Waals surface area contributed by atoms with Crippen LogP contribution in [-0.4, -0.2) is 20.8 Å². The summed E-state index contributed by atoms with van der Waals surface area (Å²) >= 11 is 0. The van der Waals surface area contributed by atoms with Crippen molar-refractivity contribution < 1.29 is 9.72 Å². The van der Waals surface area contributed by atoms with Crippen LogP contribution in [0.5, 0.6) is 0 Å². The second-order valence-corrected chi connectivity index (χ2v) is 3.80. The third-order valence-electron chi connectivity index (χ3n) is 2.46. The summed E-state index contributed by atoms with van der Waals surface area (Å²) in [5, 5.41) is 13.3. The van der Waals surface area contributed by atoms with Gasteiger partial charge in [0.1, 0.15) is 5.69 Å². The molecule has 96 valence electrons. The van der Waals surface area contributed by atoms with Crippen molar-refractivity contribution >= 4 is 17.3 Å². The van der Waals surface area contributed by atoms with Gasteiger partial charge in [0.2, 0.25) is 0 Å². The summed E-state index contributed by atoms with van der Waals surface area (Å²) in [5.41, 5.74) is 0.970. The number of aryl methyl sites for hydroxylation is 1. The normalized spacial score (nSPS) is 9.95. The van der Waals surface area contributed by atoms with Crippen LogP contribution in [0.25, 0.3) is 0 Å². The molecule has 0 spiro atoms. The molecule has 0 bridgehead atoms. The predicted molar refractivity (Wildman–Crippen MR) is 67.8 cm³/mol. The number of nitro groups is 1. The van der Waals surface area contributed by atoms with Gasteiger partial charge in [0.25, 0.3) is 11.6 Å². The lowest BCUT2D eigenvalue weighted by Crippen LogP contribution is -2.13. The lowest BCUT2D eigenvalue weighted by Gasteiger charge is -2.05. The highest BCUT2D eigenvalue weighted by Crippen LogP contribution is 2.22. The van der Waals surface area contributed by atoms with E-state index in [-0.39, 0.29) is 11.4 Å². The summed E-state index contributed by atoms with van der Waals surface area (Å²) < 4.78 is 0. The SMILES string of the molecule is Cc1ccc(NC(=O)c2cnccn2)cc1[N+](=O)[O-]. The van der Waals surface area contributed by atoms with Crippen LogP contribution in [0, 0.1) is 17.0 Å². The number of nitro benzene ring substituents is 1. The highest BCUT2D eigenvalue weighted by Gasteiger charge is 2.13. The molecule has 1 N–H and O–H groups in total. The first-order chi connectivity index (χ1) is 9.08. The maximum Gasteiger partial charge on any atom is 0.275 e. The Bertz CT molecular complexity index is 628. The van der Waals surface area contributed by atoms with E-state index in [0.717, 1.165) is 0 Å². The Kier molecular flexibility index (Phi) is 3.46. The van der Waals surface area contributed by atoms with Crippen LogP contribution in [-0.2, 0) is 0 Å². The van der Waals surface area contributed by atoms with Crippen LogP contribution < -0.4 is 5.32 Å². The average Bonchev–Trinajstić information content (AvgIpc) is 2.41. The fraction of sp³-hybridized carbons (Fsp3) is 0.0833. The molecular formula is C12H10N4O3. The molecule has 0 radical (unpaired) electrons. The third kappa shape index (κ3) is 2.89. The molecule has 7 nitrogen and oxygen atoms in total. The highest BCUT2D eigenvalue weighted by molar-refractivity contribution is 6.02. The lowest BCUT2D eigenvalue weighted by molar-refractivity contribution is -0.385. The number of rotatable bonds is 3. The first kappa shape index (κ1) is 12.6. The van der Waals surface area contributed by atoms with Crippen molar-refractivity contribution in [1.82, 2.24) is 9.97 Å². The Morgan fingerprint density at radius 1 is 1.37 bits per heavy atom. The number of anilines is 1. The smallest absolute Gasteiger partial charge is 0.275 e. The van der Waals surface area contributed by atoms with Gasteiger partial charge in [0.15, 0.2) is 0 Å². The Morgan fingerprint density at radius 2 is 2.16 bits per heavy atom. The van der Waals surface area contributed by atoms with E-state index in [9.17, 15) is 14.9 Å². The van der Waals surface area contributed by atoms with Gasteiger partial charge >= 0.3 is 0 Å². The number of hydrogen-bond donors (Lipinski definition) is 1. The largest absolute Gasteiger partial charge is 0.320 e. The maximum absolute atomic E-state index is 11.8. The number of aromatic nitrogens is 2. The topological polar surface area (TPSA) is 98.0 Å². The molecule has 19 heavy (non-hydrogen) atoms. The summed E-state index contributed by atoms with van der Waals surface area (Å²) in [6.45, 7) is 1.63. The number of carbonyl (C=O) groups excluding carboxylic acids is 1. The van der Waals surface area contributed by atoms with Crippen molar-refractivity contribution in [3.05, 3.63) is 58.2 Å². The van der Waals surface area contributed by atoms with Crippen LogP contribution >= 0.6 is 0 Å². The first-order valence-corrected chi connectivity index (χ1v) is 5.40. The van der Waals surface area contributed by atoms with Crippen molar-refractivity contribution in [3.63, 3.8) is 0 Å². The molecule has 7 heteroatoms. The van der Waals surface area contributed by atoms with Gasteiger partial charge in [-0.1, -0.05) is 6.07 Å². The molecule has 2 aromatic rings. The molecule has 0 aliphatic heterocycles. The molecule has 0 aliphatic rings. The van der Waals surface area contributed by atoms with Gasteiger partial charge < -0.3 is 5.32 Å². The van der Waals surface area contributed by atoms with E-state index >= 15 is 0 Å². The standard InChI is InChI=1S/C12H10N4O3/c1-8-2-3-9(6-11(8)16(18)19)15-12(17)10-7-13-4-5-14-10/h2-7H,1H3,(H,15,17). The van der Waals surface area contributed by atoms with Crippen LogP contribution in [0.1, 0.15) is 16.1 Å². The van der Waals surface area contributed by atoms with Gasteiger partial charge in [-0.15, -0.1) is 0 Å². The second-order valence-electron chi connectivity index (χ2n) is 3.80. The monoisotopic (exact) mass is 258 g/mol. The minimum absolute atomic E-state index is 0.0445. The molecule has 0 atom stereocenters. The van der Waals surface area contributed by atoms with Gasteiger partial charge in [-0.3, -0.25) is 19.9 Å². The molecule has 0 saturated carbocycles. The zero-order chi connectivity index (χ0) is 13.8. The fourth-order valence-electron chi connectivity index (χ4n) is 1.50. The van der Waals surface area contributed by atoms with Gasteiger partial charge in [-0.05, 0) is 13.0 Å². The molecular weight excluding hydrogens is 248 g/mol. The Morgan fingerprint density at radius 3 is 2.79 bits per heavy atom. The van der Waals surface area contributed by atoms with Gasteiger partial charge in [0, 0.05) is 29.7 Å². The second kappa shape index (κ2) is 5.21. The molecule has 0 saturated heterocycles. The number of nitrogens with zero attached hydrogens (tertiary/aromatic N) is 3. The molecule has 2 rings (SSSR count). The van der Waals surface area contributed by atoms with Gasteiger partial charge in [-0.25, -0.2) is 4.98 Å². The summed E-state index contributed by atoms with van der Waals surface area (Å²) in [6, 6.07) is 4.48. The maximum atomic E-state index is 11.8. The number of carbonyl (C=O) groups is 1. The Hall–Kier alpha value is -2.83. The molecule has 1 amide bonds. The van der Waals surface area contributed by atoms with Crippen molar-refractivity contribution in [3.8, 4) is 0 Å². The number of amides is 1. The fourth-order valence-corrected chi connectivity index (χ4v) is 1.50. The van der Waals surface area contributed by atoms with Crippen LogP contribution in [0.4, 0.5) is 11.4 Å². The van der Waals surface area contributed by atoms with E-state index in [1.807, 2.05) is 0 Å². The van der Waals surface area contributed by atoms with E-state index in [1.165, 1.54) is 24.7 Å². The van der Waals surface area contributed by atoms with Crippen molar-refractivity contribution in [2.24, 2.45) is 0 Å². The van der Waals surface area contributed by atoms with E-state index in [0.29, 0.717) is 11.3 Å².